The average Bonchev–Trinajstić information content (AvgIpc) is 3.41. The van der Waals surface area contributed by atoms with E-state index in [1.54, 1.807) is 11.1 Å². The van der Waals surface area contributed by atoms with Gasteiger partial charge >= 0.3 is 12.0 Å². The monoisotopic (exact) mass is 499 g/mol. The van der Waals surface area contributed by atoms with Gasteiger partial charge in [-0.15, -0.1) is 0 Å². The van der Waals surface area contributed by atoms with Gasteiger partial charge in [-0.3, -0.25) is 4.68 Å². The van der Waals surface area contributed by atoms with Crippen LogP contribution < -0.4 is 10.6 Å². The van der Waals surface area contributed by atoms with Gasteiger partial charge in [-0.25, -0.2) is 14.6 Å². The number of hydrogen-bond donors (Lipinski definition) is 3. The molecule has 1 atom stereocenters. The van der Waals surface area contributed by atoms with Crippen LogP contribution in [0.15, 0.2) is 30.6 Å². The summed E-state index contributed by atoms with van der Waals surface area (Å²) in [4.78, 5) is 32.9. The molecule has 10 heteroatoms. The highest BCUT2D eigenvalue weighted by Gasteiger charge is 2.23. The lowest BCUT2D eigenvalue weighted by molar-refractivity contribution is -0.139. The van der Waals surface area contributed by atoms with Gasteiger partial charge in [0.05, 0.1) is 6.54 Å². The fourth-order valence-corrected chi connectivity index (χ4v) is 4.48. The van der Waals surface area contributed by atoms with Crippen LogP contribution in [0.1, 0.15) is 50.8 Å². The highest BCUT2D eigenvalue weighted by molar-refractivity contribution is 5.82. The average molecular weight is 500 g/mol. The molecule has 0 aliphatic carbocycles. The molecular formula is C26H41N7O3. The number of nitrogens with zero attached hydrogens (tertiary/aromatic N) is 5. The molecule has 3 rings (SSSR count). The number of carbonyl (C=O) groups is 2. The Hall–Kier alpha value is -3.14. The predicted octanol–water partition coefficient (Wildman–Crippen LogP) is 2.86. The van der Waals surface area contributed by atoms with E-state index in [4.69, 9.17) is 4.98 Å². The van der Waals surface area contributed by atoms with E-state index in [1.165, 1.54) is 5.56 Å². The maximum Gasteiger partial charge on any atom is 0.326 e. The van der Waals surface area contributed by atoms with Crippen molar-refractivity contribution >= 4 is 17.8 Å². The molecule has 3 N–H and O–H groups in total. The van der Waals surface area contributed by atoms with Crippen molar-refractivity contribution in [2.75, 3.05) is 44.6 Å². The molecule has 2 aromatic heterocycles. The molecule has 0 spiro atoms. The second-order valence-corrected chi connectivity index (χ2v) is 9.21. The van der Waals surface area contributed by atoms with Crippen molar-refractivity contribution in [3.63, 3.8) is 0 Å². The largest absolute Gasteiger partial charge is 0.480 e. The van der Waals surface area contributed by atoms with Crippen molar-refractivity contribution < 1.29 is 14.7 Å². The Morgan fingerprint density at radius 2 is 2.03 bits per heavy atom. The first-order valence-electron chi connectivity index (χ1n) is 13.2. The summed E-state index contributed by atoms with van der Waals surface area (Å²) in [5.41, 5.74) is 2.41. The van der Waals surface area contributed by atoms with E-state index in [2.05, 4.69) is 32.8 Å². The zero-order valence-electron chi connectivity index (χ0n) is 21.7. The minimum Gasteiger partial charge on any atom is -0.480 e. The topological polar surface area (TPSA) is 116 Å². The molecule has 0 bridgehead atoms. The quantitative estimate of drug-likeness (QED) is 0.323. The number of urea groups is 1. The van der Waals surface area contributed by atoms with Crippen LogP contribution >= 0.6 is 0 Å². The lowest BCUT2D eigenvalue weighted by atomic mass is 10.1. The summed E-state index contributed by atoms with van der Waals surface area (Å²) < 4.78 is 1.88. The number of pyridine rings is 1. The molecule has 10 nitrogen and oxygen atoms in total. The molecule has 0 saturated carbocycles. The summed E-state index contributed by atoms with van der Waals surface area (Å²) >= 11 is 0. The van der Waals surface area contributed by atoms with E-state index >= 15 is 0 Å². The van der Waals surface area contributed by atoms with Crippen molar-refractivity contribution in [3.05, 3.63) is 41.9 Å². The van der Waals surface area contributed by atoms with Crippen LogP contribution in [0.5, 0.6) is 0 Å². The molecule has 0 aromatic carbocycles. The van der Waals surface area contributed by atoms with Gasteiger partial charge in [-0.05, 0) is 76.6 Å². The van der Waals surface area contributed by atoms with Crippen molar-refractivity contribution in [1.29, 1.82) is 0 Å². The SMILES string of the molecule is CCN(CC)C(=O)N[C@@H](CCN(CCCCc1ccc2c(n1)NCCC2)CCn1cccn1)C(=O)O. The summed E-state index contributed by atoms with van der Waals surface area (Å²) in [6, 6.07) is 4.98. The van der Waals surface area contributed by atoms with Gasteiger partial charge in [0, 0.05) is 50.8 Å². The fraction of sp³-hybridized carbons (Fsp3) is 0.615. The van der Waals surface area contributed by atoms with Gasteiger partial charge in [0.25, 0.3) is 0 Å². The first-order chi connectivity index (χ1) is 17.5. The zero-order chi connectivity index (χ0) is 25.8. The van der Waals surface area contributed by atoms with E-state index in [-0.39, 0.29) is 6.03 Å². The highest BCUT2D eigenvalue weighted by atomic mass is 16.4. The number of aliphatic carboxylic acids is 1. The van der Waals surface area contributed by atoms with Crippen LogP contribution in [-0.2, 0) is 24.2 Å². The summed E-state index contributed by atoms with van der Waals surface area (Å²) in [5, 5.41) is 20.1. The van der Waals surface area contributed by atoms with Gasteiger partial charge in [0.2, 0.25) is 0 Å². The van der Waals surface area contributed by atoms with Crippen LogP contribution in [-0.4, -0.2) is 87.0 Å². The van der Waals surface area contributed by atoms with E-state index in [0.717, 1.165) is 69.8 Å². The summed E-state index contributed by atoms with van der Waals surface area (Å²) in [7, 11) is 0. The van der Waals surface area contributed by atoms with Gasteiger partial charge in [0.15, 0.2) is 0 Å². The number of aryl methyl sites for hydroxylation is 2. The number of nitrogens with one attached hydrogen (secondary N) is 2. The third kappa shape index (κ3) is 8.51. The first-order valence-corrected chi connectivity index (χ1v) is 13.2. The molecule has 0 radical (unpaired) electrons. The van der Waals surface area contributed by atoms with Crippen molar-refractivity contribution in [3.8, 4) is 0 Å². The third-order valence-electron chi connectivity index (χ3n) is 6.69. The lowest BCUT2D eigenvalue weighted by Gasteiger charge is -2.26. The minimum atomic E-state index is -1.00. The van der Waals surface area contributed by atoms with E-state index < -0.39 is 12.0 Å². The van der Waals surface area contributed by atoms with Crippen LogP contribution in [0.25, 0.3) is 0 Å². The number of aromatic nitrogens is 3. The Labute approximate surface area is 214 Å². The normalized spacial score (nSPS) is 13.6. The Morgan fingerprint density at radius 1 is 1.19 bits per heavy atom. The standard InChI is InChI=1S/C26H41N7O3/c1-3-32(4-2)26(36)30-23(25(34)35)13-18-31(19-20-33-17-8-15-28-33)16-6-5-10-22-12-11-21-9-7-14-27-24(21)29-22/h8,11-12,15,17,23H,3-7,9-10,13-14,16,18-20H2,1-2H3,(H,27,29)(H,30,36)(H,34,35)/t23-/m0/s1. The maximum absolute atomic E-state index is 12.4. The smallest absolute Gasteiger partial charge is 0.326 e. The number of amides is 2. The molecular weight excluding hydrogens is 458 g/mol. The number of rotatable bonds is 15. The number of anilines is 1. The molecule has 36 heavy (non-hydrogen) atoms. The van der Waals surface area contributed by atoms with Gasteiger partial charge in [-0.1, -0.05) is 6.07 Å². The molecule has 0 saturated heterocycles. The van der Waals surface area contributed by atoms with Crippen LogP contribution in [0, 0.1) is 0 Å². The molecule has 1 aliphatic heterocycles. The van der Waals surface area contributed by atoms with Crippen molar-refractivity contribution in [2.45, 2.75) is 65.0 Å². The highest BCUT2D eigenvalue weighted by Crippen LogP contribution is 2.20. The van der Waals surface area contributed by atoms with Crippen LogP contribution in [0.4, 0.5) is 10.6 Å². The number of carboxylic acid groups (broad SMARTS) is 1. The molecule has 3 heterocycles. The maximum atomic E-state index is 12.4. The molecule has 0 fully saturated rings. The molecule has 1 aliphatic rings. The van der Waals surface area contributed by atoms with Crippen LogP contribution in [0.3, 0.4) is 0 Å². The van der Waals surface area contributed by atoms with E-state index in [9.17, 15) is 14.7 Å². The van der Waals surface area contributed by atoms with Gasteiger partial charge in [0.1, 0.15) is 11.9 Å². The van der Waals surface area contributed by atoms with Crippen LogP contribution in [0.2, 0.25) is 0 Å². The Kier molecular flexibility index (Phi) is 11.0. The number of unbranched alkanes of at least 4 members (excludes halogenated alkanes) is 1. The number of fused-ring (bicyclic) bond motifs is 1. The lowest BCUT2D eigenvalue weighted by Crippen LogP contribution is -2.49. The second-order valence-electron chi connectivity index (χ2n) is 9.21. The first kappa shape index (κ1) is 27.4. The molecule has 198 valence electrons. The fourth-order valence-electron chi connectivity index (χ4n) is 4.48. The van der Waals surface area contributed by atoms with E-state index in [0.29, 0.717) is 26.1 Å². The predicted molar refractivity (Wildman–Crippen MR) is 140 cm³/mol. The summed E-state index contributed by atoms with van der Waals surface area (Å²) in [6.07, 6.45) is 9.18. The summed E-state index contributed by atoms with van der Waals surface area (Å²) in [5.74, 6) is 0.0284. The Morgan fingerprint density at radius 3 is 2.75 bits per heavy atom. The third-order valence-corrected chi connectivity index (χ3v) is 6.69. The second kappa shape index (κ2) is 14.4. The Balaban J connectivity index is 1.51. The van der Waals surface area contributed by atoms with Gasteiger partial charge < -0.3 is 25.5 Å². The minimum absolute atomic E-state index is 0.331. The van der Waals surface area contributed by atoms with Crippen molar-refractivity contribution in [1.82, 2.24) is 29.9 Å². The summed E-state index contributed by atoms with van der Waals surface area (Å²) in [6.45, 7) is 8.76. The Bertz CT molecular complexity index is 947. The number of carboxylic acids is 1. The molecule has 0 unspecified atom stereocenters. The molecule has 2 amide bonds. The molecule has 2 aromatic rings. The zero-order valence-corrected chi connectivity index (χ0v) is 21.7. The van der Waals surface area contributed by atoms with Crippen molar-refractivity contribution in [2.24, 2.45) is 0 Å². The van der Waals surface area contributed by atoms with E-state index in [1.807, 2.05) is 30.8 Å². The number of hydrogen-bond acceptors (Lipinski definition) is 6. The van der Waals surface area contributed by atoms with Gasteiger partial charge in [-0.2, -0.15) is 5.10 Å². The number of carbonyl (C=O) groups excluding carboxylic acids is 1.